The van der Waals surface area contributed by atoms with Crippen LogP contribution >= 0.6 is 11.6 Å². The molecule has 4 heteroatoms. The van der Waals surface area contributed by atoms with Crippen LogP contribution in [0, 0.1) is 0 Å². The molecule has 0 radical (unpaired) electrons. The standard InChI is InChI=1S/C11H15ClN2O/c1-6(2)7-4-9-8(5-10(7)15)13-11(12)14(9)3/h4-6,11,13,15H,1-3H3. The fourth-order valence-electron chi connectivity index (χ4n) is 1.81. The molecule has 82 valence electrons. The van der Waals surface area contributed by atoms with Crippen molar-refractivity contribution >= 4 is 23.0 Å². The van der Waals surface area contributed by atoms with E-state index in [1.54, 1.807) is 6.07 Å². The third-order valence-corrected chi connectivity index (χ3v) is 3.16. The number of benzene rings is 1. The largest absolute Gasteiger partial charge is 0.508 e. The van der Waals surface area contributed by atoms with E-state index in [1.807, 2.05) is 18.0 Å². The molecule has 1 aromatic carbocycles. The van der Waals surface area contributed by atoms with Crippen LogP contribution in [0.1, 0.15) is 25.3 Å². The molecule has 1 heterocycles. The zero-order valence-electron chi connectivity index (χ0n) is 9.08. The first kappa shape index (κ1) is 10.4. The van der Waals surface area contributed by atoms with Gasteiger partial charge in [-0.3, -0.25) is 0 Å². The number of aromatic hydroxyl groups is 1. The third kappa shape index (κ3) is 1.61. The van der Waals surface area contributed by atoms with Crippen molar-refractivity contribution in [1.29, 1.82) is 0 Å². The Bertz CT molecular complexity index is 392. The van der Waals surface area contributed by atoms with Crippen LogP contribution in [0.3, 0.4) is 0 Å². The zero-order chi connectivity index (χ0) is 11.2. The number of anilines is 2. The number of hydrogen-bond acceptors (Lipinski definition) is 3. The molecular formula is C11H15ClN2O. The normalized spacial score (nSPS) is 19.3. The van der Waals surface area contributed by atoms with E-state index in [0.29, 0.717) is 11.7 Å². The molecule has 0 bridgehead atoms. The second-order valence-electron chi connectivity index (χ2n) is 4.17. The minimum Gasteiger partial charge on any atom is -0.508 e. The molecule has 1 atom stereocenters. The van der Waals surface area contributed by atoms with E-state index in [-0.39, 0.29) is 5.62 Å². The highest BCUT2D eigenvalue weighted by atomic mass is 35.5. The average Bonchev–Trinajstić information content (AvgIpc) is 2.41. The van der Waals surface area contributed by atoms with Crippen LogP contribution in [-0.2, 0) is 0 Å². The Balaban J connectivity index is 2.50. The highest BCUT2D eigenvalue weighted by Gasteiger charge is 2.25. The molecule has 0 aromatic heterocycles. The van der Waals surface area contributed by atoms with Gasteiger partial charge in [0.1, 0.15) is 5.75 Å². The summed E-state index contributed by atoms with van der Waals surface area (Å²) in [4.78, 5) is 1.95. The summed E-state index contributed by atoms with van der Waals surface area (Å²) in [5, 5.41) is 12.9. The van der Waals surface area contributed by atoms with Crippen molar-refractivity contribution in [1.82, 2.24) is 0 Å². The minimum absolute atomic E-state index is 0.234. The molecule has 1 unspecified atom stereocenters. The number of nitrogens with zero attached hydrogens (tertiary/aromatic N) is 1. The average molecular weight is 227 g/mol. The summed E-state index contributed by atoms with van der Waals surface area (Å²) >= 11 is 6.05. The first-order valence-corrected chi connectivity index (χ1v) is 5.44. The van der Waals surface area contributed by atoms with E-state index in [1.165, 1.54) is 0 Å². The number of fused-ring (bicyclic) bond motifs is 1. The summed E-state index contributed by atoms with van der Waals surface area (Å²) < 4.78 is 0. The number of halogens is 1. The van der Waals surface area contributed by atoms with E-state index < -0.39 is 0 Å². The predicted molar refractivity (Wildman–Crippen MR) is 63.9 cm³/mol. The fraction of sp³-hybridized carbons (Fsp3) is 0.455. The van der Waals surface area contributed by atoms with Crippen LogP contribution in [0.4, 0.5) is 11.4 Å². The van der Waals surface area contributed by atoms with Gasteiger partial charge in [-0.1, -0.05) is 25.4 Å². The molecule has 3 nitrogen and oxygen atoms in total. The SMILES string of the molecule is CC(C)c1cc2c(cc1O)NC(Cl)N2C. The number of hydrogen-bond donors (Lipinski definition) is 2. The third-order valence-electron chi connectivity index (χ3n) is 2.76. The van der Waals surface area contributed by atoms with Crippen molar-refractivity contribution in [3.05, 3.63) is 17.7 Å². The Labute approximate surface area is 94.7 Å². The van der Waals surface area contributed by atoms with Crippen LogP contribution in [-0.4, -0.2) is 17.8 Å². The summed E-state index contributed by atoms with van der Waals surface area (Å²) in [5.41, 5.74) is 2.64. The van der Waals surface area contributed by atoms with E-state index in [9.17, 15) is 5.11 Å². The Kier molecular flexibility index (Phi) is 2.43. The van der Waals surface area contributed by atoms with Crippen molar-refractivity contribution in [3.8, 4) is 5.75 Å². The lowest BCUT2D eigenvalue weighted by molar-refractivity contribution is 0.465. The maximum Gasteiger partial charge on any atom is 0.177 e. The lowest BCUT2D eigenvalue weighted by atomic mass is 10.0. The first-order valence-electron chi connectivity index (χ1n) is 5.01. The van der Waals surface area contributed by atoms with Gasteiger partial charge in [0.05, 0.1) is 11.4 Å². The van der Waals surface area contributed by atoms with Crippen molar-refractivity contribution in [3.63, 3.8) is 0 Å². The lowest BCUT2D eigenvalue weighted by Gasteiger charge is -2.16. The number of rotatable bonds is 1. The van der Waals surface area contributed by atoms with E-state index in [2.05, 4.69) is 19.2 Å². The summed E-state index contributed by atoms with van der Waals surface area (Å²) in [6, 6.07) is 3.73. The molecule has 1 aliphatic rings. The highest BCUT2D eigenvalue weighted by Crippen LogP contribution is 2.41. The van der Waals surface area contributed by atoms with Crippen LogP contribution in [0.2, 0.25) is 0 Å². The van der Waals surface area contributed by atoms with Crippen molar-refractivity contribution in [2.24, 2.45) is 0 Å². The maximum atomic E-state index is 9.82. The fourth-order valence-corrected chi connectivity index (χ4v) is 2.03. The number of phenolic OH excluding ortho intramolecular Hbond substituents is 1. The summed E-state index contributed by atoms with van der Waals surface area (Å²) in [6.45, 7) is 4.12. The minimum atomic E-state index is -0.234. The molecule has 1 aromatic rings. The van der Waals surface area contributed by atoms with Gasteiger partial charge in [0.2, 0.25) is 0 Å². The van der Waals surface area contributed by atoms with Crippen molar-refractivity contribution in [2.75, 3.05) is 17.3 Å². The molecule has 0 fully saturated rings. The smallest absolute Gasteiger partial charge is 0.177 e. The Morgan fingerprint density at radius 3 is 2.73 bits per heavy atom. The molecule has 1 aliphatic heterocycles. The lowest BCUT2D eigenvalue weighted by Crippen LogP contribution is -2.25. The molecule has 0 aliphatic carbocycles. The van der Waals surface area contributed by atoms with Gasteiger partial charge in [-0.05, 0) is 17.5 Å². The van der Waals surface area contributed by atoms with Gasteiger partial charge in [0, 0.05) is 13.1 Å². The van der Waals surface area contributed by atoms with Crippen LogP contribution in [0.5, 0.6) is 5.75 Å². The zero-order valence-corrected chi connectivity index (χ0v) is 9.84. The van der Waals surface area contributed by atoms with Gasteiger partial charge in [-0.2, -0.15) is 0 Å². The van der Waals surface area contributed by atoms with Gasteiger partial charge in [0.15, 0.2) is 5.62 Å². The molecule has 2 N–H and O–H groups in total. The maximum absolute atomic E-state index is 9.82. The first-order chi connectivity index (χ1) is 7.00. The molecule has 15 heavy (non-hydrogen) atoms. The van der Waals surface area contributed by atoms with E-state index in [0.717, 1.165) is 16.9 Å². The van der Waals surface area contributed by atoms with Crippen molar-refractivity contribution < 1.29 is 5.11 Å². The molecule has 2 rings (SSSR count). The Hall–Kier alpha value is -1.09. The molecule has 0 saturated carbocycles. The van der Waals surface area contributed by atoms with Crippen LogP contribution in [0.25, 0.3) is 0 Å². The molecular weight excluding hydrogens is 212 g/mol. The molecule has 0 amide bonds. The summed E-state index contributed by atoms with van der Waals surface area (Å²) in [6.07, 6.45) is 0. The second-order valence-corrected chi connectivity index (χ2v) is 4.59. The summed E-state index contributed by atoms with van der Waals surface area (Å²) in [5.74, 6) is 0.633. The highest BCUT2D eigenvalue weighted by molar-refractivity contribution is 6.24. The van der Waals surface area contributed by atoms with Gasteiger partial charge >= 0.3 is 0 Å². The quantitative estimate of drug-likeness (QED) is 0.571. The number of nitrogens with one attached hydrogen (secondary N) is 1. The Morgan fingerprint density at radius 1 is 1.47 bits per heavy atom. The van der Waals surface area contributed by atoms with Gasteiger partial charge in [0.25, 0.3) is 0 Å². The second kappa shape index (κ2) is 3.49. The number of phenols is 1. The molecule has 0 spiro atoms. The van der Waals surface area contributed by atoms with Crippen LogP contribution in [0.15, 0.2) is 12.1 Å². The van der Waals surface area contributed by atoms with Gasteiger partial charge in [-0.25, -0.2) is 0 Å². The van der Waals surface area contributed by atoms with Crippen LogP contribution < -0.4 is 10.2 Å². The van der Waals surface area contributed by atoms with Gasteiger partial charge in [-0.15, -0.1) is 0 Å². The van der Waals surface area contributed by atoms with Crippen molar-refractivity contribution in [2.45, 2.75) is 25.4 Å². The number of alkyl halides is 1. The molecule has 0 saturated heterocycles. The predicted octanol–water partition coefficient (Wildman–Crippen LogP) is 2.90. The van der Waals surface area contributed by atoms with Gasteiger partial charge < -0.3 is 15.3 Å². The Morgan fingerprint density at radius 2 is 2.13 bits per heavy atom. The summed E-state index contributed by atoms with van der Waals surface area (Å²) in [7, 11) is 1.93. The van der Waals surface area contributed by atoms with E-state index >= 15 is 0 Å². The topological polar surface area (TPSA) is 35.5 Å². The van der Waals surface area contributed by atoms with E-state index in [4.69, 9.17) is 11.6 Å². The monoisotopic (exact) mass is 226 g/mol.